The third-order valence-corrected chi connectivity index (χ3v) is 11.8. The minimum absolute atomic E-state index is 0.234. The normalized spacial score (nSPS) is 21.1. The Bertz CT molecular complexity index is 1090. The van der Waals surface area contributed by atoms with Crippen molar-refractivity contribution in [1.29, 1.82) is 0 Å². The molecule has 13 heteroatoms. The van der Waals surface area contributed by atoms with E-state index in [1.165, 1.54) is 128 Å². The van der Waals surface area contributed by atoms with Crippen LogP contribution >= 0.6 is 0 Å². The molecule has 1 fully saturated rings. The Hall–Kier alpha value is -1.16. The molecule has 7 atom stereocenters. The Labute approximate surface area is 353 Å². The maximum Gasteiger partial charge on any atom is 0.397 e. The van der Waals surface area contributed by atoms with E-state index in [1.807, 2.05) is 0 Å². The predicted molar refractivity (Wildman–Crippen MR) is 232 cm³/mol. The predicted octanol–water partition coefficient (Wildman–Crippen LogP) is 9.16. The monoisotopic (exact) mass is 850 g/mol. The first-order valence-corrected chi connectivity index (χ1v) is 24.9. The quantitative estimate of drug-likeness (QED) is 0.0196. The fraction of sp³-hybridized carbons (Fsp3) is 0.933. The molecule has 0 bridgehead atoms. The third kappa shape index (κ3) is 29.2. The van der Waals surface area contributed by atoms with Crippen LogP contribution in [0.2, 0.25) is 0 Å². The molecule has 1 amide bonds. The van der Waals surface area contributed by atoms with Gasteiger partial charge in [-0.05, 0) is 38.5 Å². The zero-order valence-corrected chi connectivity index (χ0v) is 37.4. The van der Waals surface area contributed by atoms with Gasteiger partial charge in [-0.25, -0.2) is 4.18 Å². The van der Waals surface area contributed by atoms with E-state index in [0.717, 1.165) is 51.4 Å². The van der Waals surface area contributed by atoms with Gasteiger partial charge in [0, 0.05) is 6.42 Å². The van der Waals surface area contributed by atoms with Crippen LogP contribution in [0.4, 0.5) is 0 Å². The molecule has 0 aliphatic carbocycles. The van der Waals surface area contributed by atoms with Gasteiger partial charge in [0.2, 0.25) is 5.91 Å². The summed E-state index contributed by atoms with van der Waals surface area (Å²) < 4.78 is 47.6. The number of unbranched alkanes of at least 4 members (excludes halogenated alkanes) is 26. The first kappa shape index (κ1) is 54.9. The van der Waals surface area contributed by atoms with Crippen LogP contribution in [0, 0.1) is 0 Å². The molecule has 0 aromatic rings. The second kappa shape index (κ2) is 36.5. The van der Waals surface area contributed by atoms with Crippen LogP contribution in [-0.2, 0) is 28.9 Å². The lowest BCUT2D eigenvalue weighted by atomic mass is 9.99. The molecule has 0 radical (unpaired) electrons. The Morgan fingerprint density at radius 1 is 0.672 bits per heavy atom. The fourth-order valence-electron chi connectivity index (χ4n) is 7.63. The SMILES string of the molecule is CCCCCCCC/C=C\CCCCCCCCCC(=O)NC(COC1OC(CO)C(O)C(OS(=O)(=O)O)C1O)C(O)CCCCCCCCCCCCCCCC. The van der Waals surface area contributed by atoms with Crippen molar-refractivity contribution >= 4 is 16.3 Å². The number of carbonyl (C=O) groups excluding carboxylic acids is 1. The van der Waals surface area contributed by atoms with Crippen LogP contribution in [0.1, 0.15) is 213 Å². The molecule has 1 saturated heterocycles. The van der Waals surface area contributed by atoms with Crippen LogP contribution < -0.4 is 5.32 Å². The standard InChI is InChI=1S/C45H87NO11S/c1-3-5-7-9-11-13-15-17-19-20-21-23-25-27-29-31-33-35-41(49)46-38(37-55-45-43(51)44(57-58(52,53)54)42(50)40(36-47)56-45)39(48)34-32-30-28-26-24-22-18-16-14-12-10-8-6-4-2/h17,19,38-40,42-45,47-48,50-51H,3-16,18,20-37H2,1-2H3,(H,46,49)(H,52,53,54)/b19-17-. The molecule has 6 N–H and O–H groups in total. The minimum atomic E-state index is -5.07. The summed E-state index contributed by atoms with van der Waals surface area (Å²) in [5, 5.41) is 44.8. The number of rotatable bonds is 40. The van der Waals surface area contributed by atoms with E-state index >= 15 is 0 Å². The van der Waals surface area contributed by atoms with E-state index in [4.69, 9.17) is 9.47 Å². The molecule has 1 aliphatic heterocycles. The largest absolute Gasteiger partial charge is 0.397 e. The number of ether oxygens (including phenoxy) is 2. The van der Waals surface area contributed by atoms with Crippen molar-refractivity contribution in [3.63, 3.8) is 0 Å². The number of amides is 1. The number of nitrogens with one attached hydrogen (secondary N) is 1. The van der Waals surface area contributed by atoms with Gasteiger partial charge in [-0.2, -0.15) is 8.42 Å². The van der Waals surface area contributed by atoms with Gasteiger partial charge in [0.15, 0.2) is 6.29 Å². The van der Waals surface area contributed by atoms with Crippen molar-refractivity contribution in [2.24, 2.45) is 0 Å². The molecule has 0 aromatic heterocycles. The van der Waals surface area contributed by atoms with Gasteiger partial charge < -0.3 is 35.2 Å². The van der Waals surface area contributed by atoms with Crippen molar-refractivity contribution in [3.05, 3.63) is 12.2 Å². The number of aliphatic hydroxyl groups is 4. The molecule has 12 nitrogen and oxygen atoms in total. The van der Waals surface area contributed by atoms with Crippen molar-refractivity contribution in [1.82, 2.24) is 5.32 Å². The van der Waals surface area contributed by atoms with E-state index in [9.17, 15) is 38.2 Å². The van der Waals surface area contributed by atoms with Crippen molar-refractivity contribution in [2.75, 3.05) is 13.2 Å². The van der Waals surface area contributed by atoms with Crippen molar-refractivity contribution < 1.29 is 51.8 Å². The van der Waals surface area contributed by atoms with E-state index < -0.39 is 59.9 Å². The molecule has 1 heterocycles. The maximum atomic E-state index is 13.0. The molecule has 1 rings (SSSR count). The van der Waals surface area contributed by atoms with Crippen LogP contribution in [0.15, 0.2) is 12.2 Å². The Morgan fingerprint density at radius 2 is 1.10 bits per heavy atom. The van der Waals surface area contributed by atoms with Gasteiger partial charge in [0.25, 0.3) is 0 Å². The van der Waals surface area contributed by atoms with E-state index in [2.05, 4.69) is 35.5 Å². The molecule has 344 valence electrons. The van der Waals surface area contributed by atoms with Gasteiger partial charge in [0.05, 0.1) is 25.4 Å². The fourth-order valence-corrected chi connectivity index (χ4v) is 8.14. The number of hydrogen-bond donors (Lipinski definition) is 6. The van der Waals surface area contributed by atoms with Gasteiger partial charge in [0.1, 0.15) is 24.4 Å². The van der Waals surface area contributed by atoms with E-state index in [0.29, 0.717) is 12.8 Å². The summed E-state index contributed by atoms with van der Waals surface area (Å²) >= 11 is 0. The second-order valence-corrected chi connectivity index (χ2v) is 17.7. The molecule has 7 unspecified atom stereocenters. The number of hydrogen-bond acceptors (Lipinski definition) is 10. The van der Waals surface area contributed by atoms with Gasteiger partial charge in [-0.1, -0.05) is 180 Å². The molecule has 0 spiro atoms. The van der Waals surface area contributed by atoms with Gasteiger partial charge in [-0.15, -0.1) is 0 Å². The molecule has 58 heavy (non-hydrogen) atoms. The molecule has 0 saturated carbocycles. The highest BCUT2D eigenvalue weighted by atomic mass is 32.3. The first-order valence-electron chi connectivity index (χ1n) is 23.6. The summed E-state index contributed by atoms with van der Waals surface area (Å²) in [4.78, 5) is 13.0. The average molecular weight is 850 g/mol. The second-order valence-electron chi connectivity index (χ2n) is 16.7. The Morgan fingerprint density at radius 3 is 1.55 bits per heavy atom. The lowest BCUT2D eigenvalue weighted by Gasteiger charge is -2.41. The van der Waals surface area contributed by atoms with Gasteiger partial charge in [-0.3, -0.25) is 9.35 Å². The number of carbonyl (C=O) groups is 1. The Kier molecular flexibility index (Phi) is 34.5. The summed E-state index contributed by atoms with van der Waals surface area (Å²) in [6.07, 6.45) is 30.6. The van der Waals surface area contributed by atoms with Crippen LogP contribution in [0.3, 0.4) is 0 Å². The lowest BCUT2D eigenvalue weighted by molar-refractivity contribution is -0.298. The summed E-state index contributed by atoms with van der Waals surface area (Å²) in [5.74, 6) is -0.234. The lowest BCUT2D eigenvalue weighted by Crippen LogP contribution is -2.61. The highest BCUT2D eigenvalue weighted by Crippen LogP contribution is 2.26. The van der Waals surface area contributed by atoms with Crippen LogP contribution in [-0.4, -0.2) is 95.4 Å². The van der Waals surface area contributed by atoms with Gasteiger partial charge >= 0.3 is 10.4 Å². The Balaban J connectivity index is 2.49. The van der Waals surface area contributed by atoms with Crippen LogP contribution in [0.5, 0.6) is 0 Å². The summed E-state index contributed by atoms with van der Waals surface area (Å²) in [6, 6.07) is -0.856. The molecule has 1 aliphatic rings. The van der Waals surface area contributed by atoms with E-state index in [-0.39, 0.29) is 18.9 Å². The van der Waals surface area contributed by atoms with E-state index in [1.54, 1.807) is 0 Å². The minimum Gasteiger partial charge on any atom is -0.394 e. The summed E-state index contributed by atoms with van der Waals surface area (Å²) in [7, 11) is -5.07. The van der Waals surface area contributed by atoms with Crippen LogP contribution in [0.25, 0.3) is 0 Å². The number of aliphatic hydroxyl groups excluding tert-OH is 4. The summed E-state index contributed by atoms with van der Waals surface area (Å²) in [5.41, 5.74) is 0. The zero-order valence-electron chi connectivity index (χ0n) is 36.6. The maximum absolute atomic E-state index is 13.0. The molecular weight excluding hydrogens is 763 g/mol. The highest BCUT2D eigenvalue weighted by molar-refractivity contribution is 7.80. The smallest absolute Gasteiger partial charge is 0.394 e. The molecular formula is C45H87NO11S. The topological polar surface area (TPSA) is 192 Å². The number of allylic oxidation sites excluding steroid dienone is 2. The van der Waals surface area contributed by atoms with Crippen molar-refractivity contribution in [2.45, 2.75) is 256 Å². The zero-order chi connectivity index (χ0) is 42.7. The van der Waals surface area contributed by atoms with Crippen molar-refractivity contribution in [3.8, 4) is 0 Å². The third-order valence-electron chi connectivity index (χ3n) is 11.3. The summed E-state index contributed by atoms with van der Waals surface area (Å²) in [6.45, 7) is 3.44. The highest BCUT2D eigenvalue weighted by Gasteiger charge is 2.48. The first-order chi connectivity index (χ1) is 28.0. The molecule has 0 aromatic carbocycles. The average Bonchev–Trinajstić information content (AvgIpc) is 3.19.